The van der Waals surface area contributed by atoms with Crippen LogP contribution in [-0.4, -0.2) is 64.7 Å². The maximum absolute atomic E-state index is 13.6. The van der Waals surface area contributed by atoms with Crippen molar-refractivity contribution >= 4 is 17.5 Å². The monoisotopic (exact) mass is 386 g/mol. The zero-order valence-electron chi connectivity index (χ0n) is 15.1. The molecule has 0 spiro atoms. The van der Waals surface area contributed by atoms with E-state index in [1.165, 1.54) is 6.20 Å². The highest BCUT2D eigenvalue weighted by Gasteiger charge is 2.47. The number of nitrogens with one attached hydrogen (secondary N) is 1. The molecule has 2 amide bonds. The van der Waals surface area contributed by atoms with Gasteiger partial charge in [-0.3, -0.25) is 19.5 Å². The first kappa shape index (κ1) is 18.5. The van der Waals surface area contributed by atoms with E-state index in [4.69, 9.17) is 0 Å². The Morgan fingerprint density at radius 3 is 2.61 bits per heavy atom. The summed E-state index contributed by atoms with van der Waals surface area (Å²) in [6.07, 6.45) is 1.34. The number of benzene rings is 1. The average Bonchev–Trinajstić information content (AvgIpc) is 3.01. The van der Waals surface area contributed by atoms with Crippen LogP contribution in [0.2, 0.25) is 0 Å². The van der Waals surface area contributed by atoms with Crippen LogP contribution < -0.4 is 5.32 Å². The van der Waals surface area contributed by atoms with E-state index in [1.807, 2.05) is 0 Å². The normalized spacial score (nSPS) is 21.2. The molecule has 0 saturated carbocycles. The van der Waals surface area contributed by atoms with Gasteiger partial charge >= 0.3 is 0 Å². The number of hydrogen-bond donors (Lipinski definition) is 1. The molecular weight excluding hydrogens is 366 g/mol. The summed E-state index contributed by atoms with van der Waals surface area (Å²) >= 11 is 0. The fourth-order valence-corrected chi connectivity index (χ4v) is 3.76. The molecule has 1 aromatic heterocycles. The predicted octanol–water partition coefficient (Wildman–Crippen LogP) is 2.50. The molecule has 1 aromatic carbocycles. The molecule has 2 aliphatic heterocycles. The van der Waals surface area contributed by atoms with Crippen molar-refractivity contribution in [3.63, 3.8) is 0 Å². The van der Waals surface area contributed by atoms with Gasteiger partial charge in [-0.25, -0.2) is 8.78 Å². The van der Waals surface area contributed by atoms with Crippen LogP contribution in [-0.2, 0) is 0 Å². The van der Waals surface area contributed by atoms with Gasteiger partial charge in [-0.05, 0) is 36.4 Å². The fourth-order valence-electron chi connectivity index (χ4n) is 3.76. The van der Waals surface area contributed by atoms with E-state index < -0.39 is 5.92 Å². The lowest BCUT2D eigenvalue weighted by Gasteiger charge is -2.37. The molecule has 1 N–H and O–H groups in total. The second-order valence-electron chi connectivity index (χ2n) is 7.18. The summed E-state index contributed by atoms with van der Waals surface area (Å²) < 4.78 is 27.2. The molecule has 0 bridgehead atoms. The number of piperazine rings is 1. The third-order valence-corrected chi connectivity index (χ3v) is 5.15. The summed E-state index contributed by atoms with van der Waals surface area (Å²) in [5, 5.41) is 2.73. The zero-order chi connectivity index (χ0) is 19.7. The molecular formula is C20H20F2N4O2. The SMILES string of the molecule is O=C(Nc1ccc(C(=O)N2CCN3CC(F)(F)C[C@H]3C2)cc1)c1ccccn1. The minimum Gasteiger partial charge on any atom is -0.336 e. The average molecular weight is 386 g/mol. The molecule has 1 atom stereocenters. The third kappa shape index (κ3) is 3.87. The Hall–Kier alpha value is -2.87. The summed E-state index contributed by atoms with van der Waals surface area (Å²) in [7, 11) is 0. The molecule has 4 rings (SSSR count). The Balaban J connectivity index is 1.39. The van der Waals surface area contributed by atoms with E-state index in [-0.39, 0.29) is 30.8 Å². The number of hydrogen-bond acceptors (Lipinski definition) is 4. The highest BCUT2D eigenvalue weighted by molar-refractivity contribution is 6.03. The van der Waals surface area contributed by atoms with Gasteiger partial charge < -0.3 is 10.2 Å². The number of rotatable bonds is 3. The second kappa shape index (κ2) is 7.27. The number of alkyl halides is 2. The lowest BCUT2D eigenvalue weighted by Crippen LogP contribution is -2.52. The molecule has 0 aliphatic carbocycles. The highest BCUT2D eigenvalue weighted by atomic mass is 19.3. The van der Waals surface area contributed by atoms with E-state index >= 15 is 0 Å². The van der Waals surface area contributed by atoms with Crippen LogP contribution in [0.15, 0.2) is 48.7 Å². The number of amides is 2. The van der Waals surface area contributed by atoms with Crippen LogP contribution >= 0.6 is 0 Å². The van der Waals surface area contributed by atoms with E-state index in [9.17, 15) is 18.4 Å². The van der Waals surface area contributed by atoms with Gasteiger partial charge in [-0.15, -0.1) is 0 Å². The number of anilines is 1. The van der Waals surface area contributed by atoms with Gasteiger partial charge in [0.25, 0.3) is 17.7 Å². The zero-order valence-corrected chi connectivity index (χ0v) is 15.1. The summed E-state index contributed by atoms with van der Waals surface area (Å²) in [4.78, 5) is 32.2. The number of fused-ring (bicyclic) bond motifs is 1. The number of aromatic nitrogens is 1. The predicted molar refractivity (Wildman–Crippen MR) is 99.5 cm³/mol. The van der Waals surface area contributed by atoms with Gasteiger partial charge in [0.15, 0.2) is 0 Å². The van der Waals surface area contributed by atoms with Crippen molar-refractivity contribution in [1.29, 1.82) is 0 Å². The first-order valence-corrected chi connectivity index (χ1v) is 9.15. The molecule has 28 heavy (non-hydrogen) atoms. The van der Waals surface area contributed by atoms with Crippen molar-refractivity contribution in [2.24, 2.45) is 0 Å². The summed E-state index contributed by atoms with van der Waals surface area (Å²) in [6.45, 7) is 0.991. The second-order valence-corrected chi connectivity index (χ2v) is 7.18. The van der Waals surface area contributed by atoms with Crippen molar-refractivity contribution in [1.82, 2.24) is 14.8 Å². The van der Waals surface area contributed by atoms with Gasteiger partial charge in [0, 0.05) is 49.5 Å². The van der Waals surface area contributed by atoms with E-state index in [2.05, 4.69) is 10.3 Å². The smallest absolute Gasteiger partial charge is 0.274 e. The highest BCUT2D eigenvalue weighted by Crippen LogP contribution is 2.34. The molecule has 3 heterocycles. The number of halogens is 2. The minimum atomic E-state index is -2.67. The van der Waals surface area contributed by atoms with Crippen LogP contribution in [0, 0.1) is 0 Å². The molecule has 0 unspecified atom stereocenters. The van der Waals surface area contributed by atoms with Crippen molar-refractivity contribution < 1.29 is 18.4 Å². The van der Waals surface area contributed by atoms with Gasteiger partial charge in [0.1, 0.15) is 5.69 Å². The largest absolute Gasteiger partial charge is 0.336 e. The van der Waals surface area contributed by atoms with Gasteiger partial charge in [-0.1, -0.05) is 6.07 Å². The number of pyridine rings is 1. The molecule has 146 valence electrons. The number of nitrogens with zero attached hydrogens (tertiary/aromatic N) is 3. The van der Waals surface area contributed by atoms with Gasteiger partial charge in [0.2, 0.25) is 0 Å². The third-order valence-electron chi connectivity index (χ3n) is 5.15. The molecule has 8 heteroatoms. The summed E-state index contributed by atoms with van der Waals surface area (Å²) in [5.41, 5.74) is 1.32. The summed E-state index contributed by atoms with van der Waals surface area (Å²) in [5.74, 6) is -3.19. The molecule has 2 aromatic rings. The van der Waals surface area contributed by atoms with E-state index in [0.717, 1.165) is 0 Å². The van der Waals surface area contributed by atoms with Crippen LogP contribution in [0.3, 0.4) is 0 Å². The van der Waals surface area contributed by atoms with Crippen molar-refractivity contribution in [3.8, 4) is 0 Å². The molecule has 2 saturated heterocycles. The lowest BCUT2D eigenvalue weighted by molar-refractivity contribution is 0.0121. The van der Waals surface area contributed by atoms with Crippen molar-refractivity contribution in [2.75, 3.05) is 31.5 Å². The minimum absolute atomic E-state index is 0.183. The number of carbonyl (C=O) groups excluding carboxylic acids is 2. The Bertz CT molecular complexity index is 874. The van der Waals surface area contributed by atoms with Gasteiger partial charge in [0.05, 0.1) is 6.54 Å². The fraction of sp³-hybridized carbons (Fsp3) is 0.350. The topological polar surface area (TPSA) is 65.5 Å². The molecule has 6 nitrogen and oxygen atoms in total. The first-order valence-electron chi connectivity index (χ1n) is 9.15. The van der Waals surface area contributed by atoms with Crippen LogP contribution in [0.25, 0.3) is 0 Å². The molecule has 0 radical (unpaired) electrons. The Kier molecular flexibility index (Phi) is 4.80. The Labute approximate surface area is 161 Å². The lowest BCUT2D eigenvalue weighted by atomic mass is 10.1. The van der Waals surface area contributed by atoms with E-state index in [1.54, 1.807) is 52.3 Å². The van der Waals surface area contributed by atoms with Crippen LogP contribution in [0.5, 0.6) is 0 Å². The van der Waals surface area contributed by atoms with Crippen LogP contribution in [0.1, 0.15) is 27.3 Å². The quantitative estimate of drug-likeness (QED) is 0.880. The standard InChI is InChI=1S/C20H20F2N4O2/c21-20(22)11-16-12-25(9-10-26(16)13-20)19(28)14-4-6-15(7-5-14)24-18(27)17-3-1-2-8-23-17/h1-8,16H,9-13H2,(H,24,27)/t16-/m0/s1. The van der Waals surface area contributed by atoms with Crippen molar-refractivity contribution in [2.45, 2.75) is 18.4 Å². The Morgan fingerprint density at radius 2 is 1.89 bits per heavy atom. The maximum atomic E-state index is 13.6. The maximum Gasteiger partial charge on any atom is 0.274 e. The van der Waals surface area contributed by atoms with Crippen LogP contribution in [0.4, 0.5) is 14.5 Å². The Morgan fingerprint density at radius 1 is 1.11 bits per heavy atom. The number of carbonyl (C=O) groups is 2. The van der Waals surface area contributed by atoms with E-state index in [0.29, 0.717) is 36.6 Å². The van der Waals surface area contributed by atoms with Crippen molar-refractivity contribution in [3.05, 3.63) is 59.9 Å². The summed E-state index contributed by atoms with van der Waals surface area (Å²) in [6, 6.07) is 11.3. The molecule has 2 aliphatic rings. The first-order chi connectivity index (χ1) is 13.4. The molecule has 2 fully saturated rings. The van der Waals surface area contributed by atoms with Gasteiger partial charge in [-0.2, -0.15) is 0 Å².